The second kappa shape index (κ2) is 11.3. The maximum atomic E-state index is 12.4. The van der Waals surface area contributed by atoms with Gasteiger partial charge in [-0.25, -0.2) is 0 Å². The molecular formula is C21H29Cl2N3O. The summed E-state index contributed by atoms with van der Waals surface area (Å²) in [5, 5.41) is 3.14. The molecule has 4 nitrogen and oxygen atoms in total. The average molecular weight is 410 g/mol. The molecule has 148 valence electrons. The van der Waals surface area contributed by atoms with E-state index in [4.69, 9.17) is 5.73 Å². The second-order valence-electron chi connectivity index (χ2n) is 6.92. The summed E-state index contributed by atoms with van der Waals surface area (Å²) in [6.07, 6.45) is 1.92. The van der Waals surface area contributed by atoms with Gasteiger partial charge < -0.3 is 11.1 Å². The summed E-state index contributed by atoms with van der Waals surface area (Å²) in [6, 6.07) is 20.1. The number of hydrogen-bond donors (Lipinski definition) is 2. The number of amides is 1. The number of carbonyl (C=O) groups is 1. The summed E-state index contributed by atoms with van der Waals surface area (Å²) in [6.45, 7) is 4.19. The van der Waals surface area contributed by atoms with E-state index in [2.05, 4.69) is 41.4 Å². The van der Waals surface area contributed by atoms with E-state index in [0.29, 0.717) is 6.04 Å². The van der Waals surface area contributed by atoms with E-state index in [1.54, 1.807) is 0 Å². The van der Waals surface area contributed by atoms with Crippen LogP contribution in [0, 0.1) is 0 Å². The fraction of sp³-hybridized carbons (Fsp3) is 0.381. The number of benzene rings is 2. The molecule has 0 spiro atoms. The van der Waals surface area contributed by atoms with Crippen LogP contribution in [0.2, 0.25) is 0 Å². The van der Waals surface area contributed by atoms with Gasteiger partial charge in [0.1, 0.15) is 6.04 Å². The molecule has 0 radical (unpaired) electrons. The van der Waals surface area contributed by atoms with E-state index in [0.717, 1.165) is 31.5 Å². The highest BCUT2D eigenvalue weighted by Crippen LogP contribution is 2.20. The molecule has 0 aliphatic carbocycles. The van der Waals surface area contributed by atoms with Crippen LogP contribution < -0.4 is 11.1 Å². The fourth-order valence-corrected chi connectivity index (χ4v) is 3.51. The van der Waals surface area contributed by atoms with Crippen LogP contribution in [0.1, 0.15) is 36.9 Å². The Kier molecular flexibility index (Phi) is 9.81. The number of likely N-dealkylation sites (tertiary alicyclic amines) is 1. The van der Waals surface area contributed by atoms with Gasteiger partial charge in [-0.15, -0.1) is 24.8 Å². The van der Waals surface area contributed by atoms with Gasteiger partial charge in [-0.3, -0.25) is 9.69 Å². The van der Waals surface area contributed by atoms with E-state index in [-0.39, 0.29) is 36.8 Å². The first-order valence-electron chi connectivity index (χ1n) is 9.02. The molecular weight excluding hydrogens is 381 g/mol. The fourth-order valence-electron chi connectivity index (χ4n) is 3.51. The van der Waals surface area contributed by atoms with Gasteiger partial charge in [0.15, 0.2) is 0 Å². The molecule has 0 saturated carbocycles. The van der Waals surface area contributed by atoms with Crippen molar-refractivity contribution in [1.29, 1.82) is 0 Å². The van der Waals surface area contributed by atoms with E-state index >= 15 is 0 Å². The van der Waals surface area contributed by atoms with E-state index < -0.39 is 6.04 Å². The smallest absolute Gasteiger partial charge is 0.241 e. The molecule has 0 bridgehead atoms. The lowest BCUT2D eigenvalue weighted by Crippen LogP contribution is -2.50. The van der Waals surface area contributed by atoms with Crippen LogP contribution in [0.3, 0.4) is 0 Å². The molecule has 1 aliphatic heterocycles. The molecule has 1 heterocycles. The van der Waals surface area contributed by atoms with Crippen molar-refractivity contribution in [3.8, 4) is 0 Å². The van der Waals surface area contributed by atoms with Crippen molar-refractivity contribution in [2.24, 2.45) is 5.73 Å². The highest BCUT2D eigenvalue weighted by molar-refractivity contribution is 5.85. The van der Waals surface area contributed by atoms with Crippen molar-refractivity contribution in [2.75, 3.05) is 6.54 Å². The molecule has 1 saturated heterocycles. The highest BCUT2D eigenvalue weighted by Gasteiger charge is 2.27. The molecule has 2 aromatic carbocycles. The zero-order valence-electron chi connectivity index (χ0n) is 15.6. The van der Waals surface area contributed by atoms with Crippen molar-refractivity contribution >= 4 is 30.7 Å². The quantitative estimate of drug-likeness (QED) is 0.791. The summed E-state index contributed by atoms with van der Waals surface area (Å²) in [4.78, 5) is 14.9. The normalized spacial score (nSPS) is 20.7. The largest absolute Gasteiger partial charge is 0.352 e. The first-order valence-corrected chi connectivity index (χ1v) is 9.02. The second-order valence-corrected chi connectivity index (χ2v) is 6.92. The van der Waals surface area contributed by atoms with Gasteiger partial charge in [-0.05, 0) is 30.9 Å². The van der Waals surface area contributed by atoms with Crippen LogP contribution in [-0.2, 0) is 11.3 Å². The first kappa shape index (κ1) is 23.4. The number of nitrogens with zero attached hydrogens (tertiary/aromatic N) is 1. The molecule has 1 amide bonds. The maximum absolute atomic E-state index is 12.4. The van der Waals surface area contributed by atoms with Crippen LogP contribution in [0.15, 0.2) is 60.7 Å². The SMILES string of the molecule is CC1CC(NC(=O)C(N)c2ccccc2)CCN1Cc1ccccc1.Cl.Cl. The van der Waals surface area contributed by atoms with Crippen LogP contribution in [0.25, 0.3) is 0 Å². The van der Waals surface area contributed by atoms with Gasteiger partial charge in [0.05, 0.1) is 0 Å². The minimum Gasteiger partial charge on any atom is -0.352 e. The standard InChI is InChI=1S/C21H27N3O.2ClH/c1-16-14-19(12-13-24(16)15-17-8-4-2-5-9-17)23-21(25)20(22)18-10-6-3-7-11-18;;/h2-11,16,19-20H,12-15,22H2,1H3,(H,23,25);2*1H. The van der Waals surface area contributed by atoms with E-state index in [9.17, 15) is 4.79 Å². The summed E-state index contributed by atoms with van der Waals surface area (Å²) in [7, 11) is 0. The minimum absolute atomic E-state index is 0. The first-order chi connectivity index (χ1) is 12.1. The Bertz CT molecular complexity index is 684. The lowest BCUT2D eigenvalue weighted by Gasteiger charge is -2.38. The zero-order chi connectivity index (χ0) is 17.6. The van der Waals surface area contributed by atoms with Crippen LogP contribution in [-0.4, -0.2) is 29.4 Å². The van der Waals surface area contributed by atoms with Gasteiger partial charge in [-0.2, -0.15) is 0 Å². The lowest BCUT2D eigenvalue weighted by molar-refractivity contribution is -0.123. The summed E-state index contributed by atoms with van der Waals surface area (Å²) < 4.78 is 0. The van der Waals surface area contributed by atoms with Gasteiger partial charge in [0, 0.05) is 25.2 Å². The Labute approximate surface area is 174 Å². The predicted octanol–water partition coefficient (Wildman–Crippen LogP) is 3.70. The van der Waals surface area contributed by atoms with Gasteiger partial charge in [0.25, 0.3) is 0 Å². The third-order valence-corrected chi connectivity index (χ3v) is 5.03. The topological polar surface area (TPSA) is 58.4 Å². The molecule has 6 heteroatoms. The third kappa shape index (κ3) is 6.51. The Morgan fingerprint density at radius 1 is 1.11 bits per heavy atom. The number of piperidine rings is 1. The zero-order valence-corrected chi connectivity index (χ0v) is 17.2. The lowest BCUT2D eigenvalue weighted by atomic mass is 9.96. The van der Waals surface area contributed by atoms with Crippen molar-refractivity contribution in [2.45, 2.75) is 44.4 Å². The van der Waals surface area contributed by atoms with E-state index in [1.165, 1.54) is 5.56 Å². The average Bonchev–Trinajstić information content (AvgIpc) is 2.65. The van der Waals surface area contributed by atoms with E-state index in [1.807, 2.05) is 36.4 Å². The number of halogens is 2. The molecule has 3 unspecified atom stereocenters. The number of nitrogens with one attached hydrogen (secondary N) is 1. The molecule has 1 fully saturated rings. The summed E-state index contributed by atoms with van der Waals surface area (Å²) in [5.74, 6) is -0.0834. The molecule has 3 rings (SSSR count). The van der Waals surface area contributed by atoms with Crippen molar-refractivity contribution in [3.63, 3.8) is 0 Å². The van der Waals surface area contributed by atoms with Gasteiger partial charge >= 0.3 is 0 Å². The molecule has 2 aromatic rings. The molecule has 0 aromatic heterocycles. The number of hydrogen-bond acceptors (Lipinski definition) is 3. The summed E-state index contributed by atoms with van der Waals surface area (Å²) in [5.41, 5.74) is 8.29. The van der Waals surface area contributed by atoms with Crippen molar-refractivity contribution in [3.05, 3.63) is 71.8 Å². The highest BCUT2D eigenvalue weighted by atomic mass is 35.5. The number of nitrogens with two attached hydrogens (primary N) is 1. The molecule has 3 atom stereocenters. The van der Waals surface area contributed by atoms with Crippen molar-refractivity contribution < 1.29 is 4.79 Å². The molecule has 1 aliphatic rings. The Morgan fingerprint density at radius 3 is 2.30 bits per heavy atom. The predicted molar refractivity (Wildman–Crippen MR) is 115 cm³/mol. The number of carbonyl (C=O) groups excluding carboxylic acids is 1. The van der Waals surface area contributed by atoms with Gasteiger partial charge in [0.2, 0.25) is 5.91 Å². The Hall–Kier alpha value is -1.59. The summed E-state index contributed by atoms with van der Waals surface area (Å²) >= 11 is 0. The van der Waals surface area contributed by atoms with Crippen molar-refractivity contribution in [1.82, 2.24) is 10.2 Å². The van der Waals surface area contributed by atoms with Gasteiger partial charge in [-0.1, -0.05) is 60.7 Å². The Balaban J connectivity index is 0.00000182. The monoisotopic (exact) mass is 409 g/mol. The number of rotatable bonds is 5. The minimum atomic E-state index is -0.598. The van der Waals surface area contributed by atoms with Crippen LogP contribution in [0.5, 0.6) is 0 Å². The Morgan fingerprint density at radius 2 is 1.70 bits per heavy atom. The van der Waals surface area contributed by atoms with Crippen LogP contribution >= 0.6 is 24.8 Å². The molecule has 3 N–H and O–H groups in total. The molecule has 27 heavy (non-hydrogen) atoms. The van der Waals surface area contributed by atoms with Crippen LogP contribution in [0.4, 0.5) is 0 Å². The third-order valence-electron chi connectivity index (χ3n) is 5.03. The maximum Gasteiger partial charge on any atom is 0.241 e.